The third kappa shape index (κ3) is 4.29. The fourth-order valence-corrected chi connectivity index (χ4v) is 5.86. The van der Waals surface area contributed by atoms with Gasteiger partial charge >= 0.3 is 0 Å². The number of likely N-dealkylation sites (N-methyl/N-ethyl adjacent to an activating group) is 1. The quantitative estimate of drug-likeness (QED) is 0.655. The Bertz CT molecular complexity index is 1020. The highest BCUT2D eigenvalue weighted by Gasteiger charge is 2.27. The van der Waals surface area contributed by atoms with Crippen LogP contribution in [0.5, 0.6) is 0 Å². The summed E-state index contributed by atoms with van der Waals surface area (Å²) in [6.07, 6.45) is 3.63. The summed E-state index contributed by atoms with van der Waals surface area (Å²) in [6, 6.07) is 6.17. The van der Waals surface area contributed by atoms with E-state index in [0.717, 1.165) is 44.9 Å². The molecule has 0 fully saturated rings. The molecule has 0 unspecified atom stereocenters. The number of halogens is 1. The number of carbonyl (C=O) groups is 2. The van der Waals surface area contributed by atoms with Gasteiger partial charge in [0.1, 0.15) is 5.00 Å². The zero-order valence-corrected chi connectivity index (χ0v) is 18.4. The first-order chi connectivity index (χ1) is 13.2. The number of sulfonamides is 1. The van der Waals surface area contributed by atoms with Gasteiger partial charge in [0.2, 0.25) is 15.9 Å². The van der Waals surface area contributed by atoms with Crippen LogP contribution in [0.25, 0.3) is 0 Å². The maximum atomic E-state index is 12.6. The van der Waals surface area contributed by atoms with E-state index in [1.807, 2.05) is 0 Å². The van der Waals surface area contributed by atoms with Gasteiger partial charge < -0.3 is 11.1 Å². The maximum Gasteiger partial charge on any atom is 0.251 e. The lowest BCUT2D eigenvalue weighted by Gasteiger charge is -2.17. The molecule has 3 rings (SSSR count). The van der Waals surface area contributed by atoms with Crippen LogP contribution in [0.15, 0.2) is 33.6 Å². The van der Waals surface area contributed by atoms with E-state index in [1.165, 1.54) is 30.5 Å². The SMILES string of the molecule is CN(CC(=O)Nc1sc2c(c1C(N)=O)CCCC2)S(=O)(=O)c1ccc(Br)cc1. The Labute approximate surface area is 176 Å². The molecule has 0 saturated carbocycles. The van der Waals surface area contributed by atoms with Crippen LogP contribution < -0.4 is 11.1 Å². The van der Waals surface area contributed by atoms with Crippen molar-refractivity contribution in [3.63, 3.8) is 0 Å². The number of thiophene rings is 1. The molecule has 1 aromatic carbocycles. The average molecular weight is 486 g/mol. The molecule has 1 aliphatic rings. The van der Waals surface area contributed by atoms with Crippen LogP contribution >= 0.6 is 27.3 Å². The van der Waals surface area contributed by atoms with Crippen molar-refractivity contribution in [3.8, 4) is 0 Å². The summed E-state index contributed by atoms with van der Waals surface area (Å²) < 4.78 is 27.0. The van der Waals surface area contributed by atoms with Crippen LogP contribution in [0, 0.1) is 0 Å². The van der Waals surface area contributed by atoms with Crippen molar-refractivity contribution in [2.75, 3.05) is 18.9 Å². The Morgan fingerprint density at radius 1 is 1.21 bits per heavy atom. The summed E-state index contributed by atoms with van der Waals surface area (Å²) in [7, 11) is -2.47. The van der Waals surface area contributed by atoms with Crippen molar-refractivity contribution in [3.05, 3.63) is 44.7 Å². The van der Waals surface area contributed by atoms with Crippen molar-refractivity contribution in [2.24, 2.45) is 5.73 Å². The van der Waals surface area contributed by atoms with Gasteiger partial charge in [-0.3, -0.25) is 9.59 Å². The molecule has 0 aliphatic heterocycles. The van der Waals surface area contributed by atoms with Crippen LogP contribution in [0.3, 0.4) is 0 Å². The molecule has 10 heteroatoms. The van der Waals surface area contributed by atoms with Gasteiger partial charge in [-0.05, 0) is 55.5 Å². The monoisotopic (exact) mass is 485 g/mol. The standard InChI is InChI=1S/C18H20BrN3O4S2/c1-22(28(25,26)12-8-6-11(19)7-9-12)10-15(23)21-18-16(17(20)24)13-4-2-3-5-14(13)27-18/h6-9H,2-5,10H2,1H3,(H2,20,24)(H,21,23). The summed E-state index contributed by atoms with van der Waals surface area (Å²) in [5, 5.41) is 3.08. The number of anilines is 1. The number of fused-ring (bicyclic) bond motifs is 1. The third-order valence-electron chi connectivity index (χ3n) is 4.56. The minimum Gasteiger partial charge on any atom is -0.365 e. The topological polar surface area (TPSA) is 110 Å². The lowest BCUT2D eigenvalue weighted by Crippen LogP contribution is -2.35. The van der Waals surface area contributed by atoms with Crippen LogP contribution in [-0.2, 0) is 27.7 Å². The molecule has 0 spiro atoms. The molecule has 1 heterocycles. The first-order valence-electron chi connectivity index (χ1n) is 8.66. The Morgan fingerprint density at radius 3 is 2.50 bits per heavy atom. The predicted molar refractivity (Wildman–Crippen MR) is 112 cm³/mol. The summed E-state index contributed by atoms with van der Waals surface area (Å²) in [6.45, 7) is -0.376. The molecule has 0 saturated heterocycles. The number of hydrogen-bond acceptors (Lipinski definition) is 5. The van der Waals surface area contributed by atoms with Gasteiger partial charge in [0.15, 0.2) is 0 Å². The Balaban J connectivity index is 1.76. The molecule has 28 heavy (non-hydrogen) atoms. The van der Waals surface area contributed by atoms with Gasteiger partial charge in [0, 0.05) is 16.4 Å². The first kappa shape index (κ1) is 21.0. The molecular weight excluding hydrogens is 466 g/mol. The number of benzene rings is 1. The van der Waals surface area contributed by atoms with Gasteiger partial charge in [0.05, 0.1) is 17.0 Å². The van der Waals surface area contributed by atoms with Crippen molar-refractivity contribution >= 4 is 54.1 Å². The number of nitrogens with one attached hydrogen (secondary N) is 1. The van der Waals surface area contributed by atoms with Crippen LogP contribution in [0.4, 0.5) is 5.00 Å². The first-order valence-corrected chi connectivity index (χ1v) is 11.7. The molecule has 1 aliphatic carbocycles. The number of aryl methyl sites for hydroxylation is 1. The molecule has 2 aromatic rings. The molecule has 0 bridgehead atoms. The average Bonchev–Trinajstić information content (AvgIpc) is 2.99. The molecule has 3 N–H and O–H groups in total. The number of hydrogen-bond donors (Lipinski definition) is 2. The molecule has 2 amide bonds. The van der Waals surface area contributed by atoms with Crippen molar-refractivity contribution in [1.29, 1.82) is 0 Å². The normalized spacial score (nSPS) is 14.0. The zero-order chi connectivity index (χ0) is 20.5. The van der Waals surface area contributed by atoms with Gasteiger partial charge in [-0.25, -0.2) is 8.42 Å². The summed E-state index contributed by atoms with van der Waals surface area (Å²) in [5.74, 6) is -1.10. The fourth-order valence-electron chi connectivity index (χ4n) is 3.15. The highest BCUT2D eigenvalue weighted by atomic mass is 79.9. The van der Waals surface area contributed by atoms with Gasteiger partial charge in [0.25, 0.3) is 5.91 Å². The molecular formula is C18H20BrN3O4S2. The van der Waals surface area contributed by atoms with E-state index < -0.39 is 21.8 Å². The molecule has 0 radical (unpaired) electrons. The van der Waals surface area contributed by atoms with Crippen molar-refractivity contribution in [1.82, 2.24) is 4.31 Å². The van der Waals surface area contributed by atoms with Crippen LogP contribution in [0.1, 0.15) is 33.6 Å². The van der Waals surface area contributed by atoms with E-state index in [-0.39, 0.29) is 11.4 Å². The Kier molecular flexibility index (Phi) is 6.23. The number of nitrogens with two attached hydrogens (primary N) is 1. The minimum absolute atomic E-state index is 0.0930. The molecule has 150 valence electrons. The highest BCUT2D eigenvalue weighted by Crippen LogP contribution is 2.37. The van der Waals surface area contributed by atoms with Crippen molar-refractivity contribution in [2.45, 2.75) is 30.6 Å². The lowest BCUT2D eigenvalue weighted by atomic mass is 9.95. The van der Waals surface area contributed by atoms with Gasteiger partial charge in [-0.2, -0.15) is 4.31 Å². The maximum absolute atomic E-state index is 12.6. The summed E-state index contributed by atoms with van der Waals surface area (Å²) in [5.41, 5.74) is 6.79. The van der Waals surface area contributed by atoms with E-state index in [4.69, 9.17) is 5.73 Å². The van der Waals surface area contributed by atoms with Crippen molar-refractivity contribution < 1.29 is 18.0 Å². The summed E-state index contributed by atoms with van der Waals surface area (Å²) >= 11 is 4.61. The Hall–Kier alpha value is -1.75. The molecule has 1 aromatic heterocycles. The van der Waals surface area contributed by atoms with E-state index in [1.54, 1.807) is 12.1 Å². The predicted octanol–water partition coefficient (Wildman–Crippen LogP) is 2.75. The fraction of sp³-hybridized carbons (Fsp3) is 0.333. The van der Waals surface area contributed by atoms with Gasteiger partial charge in [-0.15, -0.1) is 11.3 Å². The second-order valence-corrected chi connectivity index (χ2v) is 10.6. The van der Waals surface area contributed by atoms with E-state index in [9.17, 15) is 18.0 Å². The minimum atomic E-state index is -3.81. The highest BCUT2D eigenvalue weighted by molar-refractivity contribution is 9.10. The second-order valence-electron chi connectivity index (χ2n) is 6.54. The zero-order valence-electron chi connectivity index (χ0n) is 15.2. The number of amides is 2. The number of primary amides is 1. The largest absolute Gasteiger partial charge is 0.365 e. The smallest absolute Gasteiger partial charge is 0.251 e. The van der Waals surface area contributed by atoms with Crippen LogP contribution in [-0.4, -0.2) is 38.1 Å². The third-order valence-corrected chi connectivity index (χ3v) is 8.11. The number of rotatable bonds is 6. The lowest BCUT2D eigenvalue weighted by molar-refractivity contribution is -0.116. The molecule has 7 nitrogen and oxygen atoms in total. The number of carbonyl (C=O) groups excluding carboxylic acids is 2. The van der Waals surface area contributed by atoms with Crippen LogP contribution in [0.2, 0.25) is 0 Å². The Morgan fingerprint density at radius 2 is 1.86 bits per heavy atom. The molecule has 0 atom stereocenters. The summed E-state index contributed by atoms with van der Waals surface area (Å²) in [4.78, 5) is 25.5. The number of nitrogens with zero attached hydrogens (tertiary/aromatic N) is 1. The second kappa shape index (κ2) is 8.32. The van der Waals surface area contributed by atoms with E-state index in [2.05, 4.69) is 21.2 Å². The van der Waals surface area contributed by atoms with E-state index in [0.29, 0.717) is 10.6 Å². The van der Waals surface area contributed by atoms with Gasteiger partial charge in [-0.1, -0.05) is 15.9 Å². The van der Waals surface area contributed by atoms with E-state index >= 15 is 0 Å².